The molecule has 3 heterocycles. The molecule has 1 N–H and O–H groups in total. The van der Waals surface area contributed by atoms with Crippen molar-refractivity contribution in [1.82, 2.24) is 15.2 Å². The Kier molecular flexibility index (Phi) is 7.36. The van der Waals surface area contributed by atoms with Gasteiger partial charge in [0.05, 0.1) is 19.2 Å². The maximum Gasteiger partial charge on any atom is 0.407 e. The average Bonchev–Trinajstić information content (AvgIpc) is 3.56. The number of carbonyl (C=O) groups is 3. The molecular weight excluding hydrogens is 470 g/mol. The molecular formula is C29H37N3O5. The Labute approximate surface area is 218 Å². The van der Waals surface area contributed by atoms with Gasteiger partial charge in [-0.3, -0.25) is 4.79 Å². The fraction of sp³-hybridized carbons (Fsp3) is 0.586. The van der Waals surface area contributed by atoms with Crippen LogP contribution in [-0.2, 0) is 20.7 Å². The van der Waals surface area contributed by atoms with Crippen LogP contribution in [0.3, 0.4) is 0 Å². The lowest BCUT2D eigenvalue weighted by molar-refractivity contribution is -0.137. The SMILES string of the molecule is CC1(C)CCCc2ccc3ccnc(c3c2)O[C@@H]2C[C@@H](C=O)N(C2)C(=O)[C@H](C2CCCC2)NC(=O)OC1. The molecule has 1 aromatic heterocycles. The zero-order valence-electron chi connectivity index (χ0n) is 21.8. The van der Waals surface area contributed by atoms with E-state index in [1.165, 1.54) is 5.56 Å². The summed E-state index contributed by atoms with van der Waals surface area (Å²) in [5, 5.41) is 4.86. The Hall–Kier alpha value is -3.16. The number of benzene rings is 1. The van der Waals surface area contributed by atoms with Gasteiger partial charge in [0.25, 0.3) is 0 Å². The van der Waals surface area contributed by atoms with Gasteiger partial charge in [0.15, 0.2) is 0 Å². The predicted molar refractivity (Wildman–Crippen MR) is 139 cm³/mol. The normalized spacial score (nSPS) is 27.3. The second kappa shape index (κ2) is 10.7. The maximum absolute atomic E-state index is 13.8. The summed E-state index contributed by atoms with van der Waals surface area (Å²) in [6, 6.07) is 6.99. The molecule has 2 amide bonds. The molecule has 8 heteroatoms. The molecule has 5 rings (SSSR count). The first-order chi connectivity index (χ1) is 17.8. The molecule has 37 heavy (non-hydrogen) atoms. The summed E-state index contributed by atoms with van der Waals surface area (Å²) in [5.74, 6) is 0.323. The Morgan fingerprint density at radius 1 is 1.14 bits per heavy atom. The number of nitrogens with zero attached hydrogens (tertiary/aromatic N) is 2. The Morgan fingerprint density at radius 3 is 2.73 bits per heavy atom. The van der Waals surface area contributed by atoms with E-state index in [2.05, 4.69) is 42.3 Å². The highest BCUT2D eigenvalue weighted by Crippen LogP contribution is 2.33. The first-order valence-corrected chi connectivity index (χ1v) is 13.6. The minimum Gasteiger partial charge on any atom is -0.472 e. The third-order valence-electron chi connectivity index (χ3n) is 8.14. The van der Waals surface area contributed by atoms with Gasteiger partial charge in [-0.2, -0.15) is 0 Å². The number of alkyl carbamates (subject to hydrolysis) is 1. The van der Waals surface area contributed by atoms with Gasteiger partial charge in [-0.1, -0.05) is 38.8 Å². The van der Waals surface area contributed by atoms with Crippen LogP contribution in [-0.4, -0.2) is 59.5 Å². The van der Waals surface area contributed by atoms with Crippen LogP contribution >= 0.6 is 0 Å². The molecule has 1 aliphatic carbocycles. The Bertz CT molecular complexity index is 1160. The Balaban J connectivity index is 1.47. The summed E-state index contributed by atoms with van der Waals surface area (Å²) in [4.78, 5) is 44.7. The van der Waals surface area contributed by atoms with E-state index in [0.29, 0.717) is 12.3 Å². The van der Waals surface area contributed by atoms with E-state index >= 15 is 0 Å². The summed E-state index contributed by atoms with van der Waals surface area (Å²) in [6.45, 7) is 4.72. The number of hydrogen-bond donors (Lipinski definition) is 1. The van der Waals surface area contributed by atoms with Crippen LogP contribution in [0.2, 0.25) is 0 Å². The topological polar surface area (TPSA) is 97.8 Å². The zero-order chi connectivity index (χ0) is 26.0. The number of rotatable bonds is 2. The maximum atomic E-state index is 13.8. The lowest BCUT2D eigenvalue weighted by Crippen LogP contribution is -2.53. The summed E-state index contributed by atoms with van der Waals surface area (Å²) < 4.78 is 12.0. The number of nitrogens with one attached hydrogen (secondary N) is 1. The van der Waals surface area contributed by atoms with E-state index in [0.717, 1.165) is 62.0 Å². The molecule has 0 spiro atoms. The molecule has 2 aromatic rings. The molecule has 1 saturated carbocycles. The van der Waals surface area contributed by atoms with Gasteiger partial charge in [0.1, 0.15) is 18.4 Å². The molecule has 1 saturated heterocycles. The van der Waals surface area contributed by atoms with E-state index in [9.17, 15) is 14.4 Å². The van der Waals surface area contributed by atoms with Crippen LogP contribution in [0, 0.1) is 11.3 Å². The number of amides is 2. The van der Waals surface area contributed by atoms with E-state index in [4.69, 9.17) is 9.47 Å². The standard InChI is InChI=1S/C29H37N3O5/c1-29(2)12-5-6-19-9-10-20-11-13-30-26(24(20)14-19)37-23-15-22(17-33)32(16-23)27(34)25(21-7-3-4-8-21)31-28(35)36-18-29/h9-11,13-14,17,21-23,25H,3-8,12,15-16,18H2,1-2H3,(H,31,35)/t22-,23+,25-/m0/s1. The molecule has 4 bridgehead atoms. The number of ether oxygens (including phenoxy) is 2. The third kappa shape index (κ3) is 5.73. The fourth-order valence-corrected chi connectivity index (χ4v) is 6.01. The summed E-state index contributed by atoms with van der Waals surface area (Å²) in [7, 11) is 0. The first kappa shape index (κ1) is 25.5. The average molecular weight is 508 g/mol. The van der Waals surface area contributed by atoms with Gasteiger partial charge in [-0.25, -0.2) is 9.78 Å². The lowest BCUT2D eigenvalue weighted by Gasteiger charge is -2.30. The van der Waals surface area contributed by atoms with Gasteiger partial charge in [0, 0.05) is 18.0 Å². The van der Waals surface area contributed by atoms with Crippen molar-refractivity contribution in [1.29, 1.82) is 0 Å². The number of hydrogen-bond acceptors (Lipinski definition) is 6. The van der Waals surface area contributed by atoms with Crippen LogP contribution in [0.25, 0.3) is 10.8 Å². The van der Waals surface area contributed by atoms with Crippen LogP contribution in [0.1, 0.15) is 64.4 Å². The highest BCUT2D eigenvalue weighted by atomic mass is 16.5. The molecule has 8 nitrogen and oxygen atoms in total. The van der Waals surface area contributed by atoms with E-state index in [1.54, 1.807) is 11.1 Å². The van der Waals surface area contributed by atoms with Crippen molar-refractivity contribution in [2.24, 2.45) is 11.3 Å². The van der Waals surface area contributed by atoms with Gasteiger partial charge in [-0.05, 0) is 66.5 Å². The van der Waals surface area contributed by atoms with Gasteiger partial charge < -0.3 is 24.5 Å². The van der Waals surface area contributed by atoms with Gasteiger partial charge >= 0.3 is 6.09 Å². The third-order valence-corrected chi connectivity index (χ3v) is 8.14. The largest absolute Gasteiger partial charge is 0.472 e. The highest BCUT2D eigenvalue weighted by Gasteiger charge is 2.42. The van der Waals surface area contributed by atoms with E-state index in [1.807, 2.05) is 6.07 Å². The molecule has 0 unspecified atom stereocenters. The van der Waals surface area contributed by atoms with Gasteiger partial charge in [0.2, 0.25) is 11.8 Å². The molecule has 198 valence electrons. The summed E-state index contributed by atoms with van der Waals surface area (Å²) in [6.07, 6.45) is 8.50. The number of cyclic esters (lactones) is 1. The van der Waals surface area contributed by atoms with Crippen molar-refractivity contribution in [2.75, 3.05) is 13.2 Å². The molecule has 3 aliphatic rings. The summed E-state index contributed by atoms with van der Waals surface area (Å²) in [5.41, 5.74) is 0.988. The van der Waals surface area contributed by atoms with Crippen molar-refractivity contribution >= 4 is 29.1 Å². The molecule has 2 fully saturated rings. The molecule has 2 aliphatic heterocycles. The highest BCUT2D eigenvalue weighted by molar-refractivity contribution is 5.89. The van der Waals surface area contributed by atoms with Crippen molar-refractivity contribution in [2.45, 2.75) is 83.4 Å². The van der Waals surface area contributed by atoms with Crippen LogP contribution in [0.15, 0.2) is 30.5 Å². The lowest BCUT2D eigenvalue weighted by atomic mass is 9.87. The number of carbonyl (C=O) groups excluding carboxylic acids is 3. The number of aldehydes is 1. The minimum atomic E-state index is -0.712. The number of aromatic nitrogens is 1. The van der Waals surface area contributed by atoms with Crippen LogP contribution in [0.4, 0.5) is 4.79 Å². The summed E-state index contributed by atoms with van der Waals surface area (Å²) >= 11 is 0. The zero-order valence-corrected chi connectivity index (χ0v) is 21.8. The molecule has 0 radical (unpaired) electrons. The quantitative estimate of drug-likeness (QED) is 0.604. The molecule has 1 aromatic carbocycles. The smallest absolute Gasteiger partial charge is 0.407 e. The second-order valence-corrected chi connectivity index (χ2v) is 11.6. The van der Waals surface area contributed by atoms with Crippen molar-refractivity contribution in [3.05, 3.63) is 36.0 Å². The van der Waals surface area contributed by atoms with Crippen molar-refractivity contribution in [3.8, 4) is 5.88 Å². The minimum absolute atomic E-state index is 0.0316. The number of fused-ring (bicyclic) bond motifs is 3. The van der Waals surface area contributed by atoms with E-state index in [-0.39, 0.29) is 36.5 Å². The molecule has 3 atom stereocenters. The second-order valence-electron chi connectivity index (χ2n) is 11.6. The number of pyridine rings is 1. The number of aryl methyl sites for hydroxylation is 1. The van der Waals surface area contributed by atoms with Crippen LogP contribution < -0.4 is 10.1 Å². The Morgan fingerprint density at radius 2 is 1.95 bits per heavy atom. The van der Waals surface area contributed by atoms with E-state index < -0.39 is 18.2 Å². The first-order valence-electron chi connectivity index (χ1n) is 13.6. The van der Waals surface area contributed by atoms with Crippen molar-refractivity contribution < 1.29 is 23.9 Å². The fourth-order valence-electron chi connectivity index (χ4n) is 6.01. The van der Waals surface area contributed by atoms with Crippen LogP contribution in [0.5, 0.6) is 5.88 Å². The predicted octanol–water partition coefficient (Wildman–Crippen LogP) is 4.43. The van der Waals surface area contributed by atoms with Crippen molar-refractivity contribution in [3.63, 3.8) is 0 Å². The monoisotopic (exact) mass is 507 g/mol. The van der Waals surface area contributed by atoms with Gasteiger partial charge in [-0.15, -0.1) is 0 Å².